The summed E-state index contributed by atoms with van der Waals surface area (Å²) >= 11 is 0. The highest BCUT2D eigenvalue weighted by molar-refractivity contribution is 5.29. The lowest BCUT2D eigenvalue weighted by atomic mass is 10.0. The quantitative estimate of drug-likeness (QED) is 0.862. The van der Waals surface area contributed by atoms with Gasteiger partial charge >= 0.3 is 0 Å². The van der Waals surface area contributed by atoms with Crippen LogP contribution >= 0.6 is 0 Å². The second-order valence-corrected chi connectivity index (χ2v) is 5.02. The Morgan fingerprint density at radius 3 is 2.63 bits per heavy atom. The molecule has 0 saturated heterocycles. The Labute approximate surface area is 112 Å². The summed E-state index contributed by atoms with van der Waals surface area (Å²) in [7, 11) is 0. The molecule has 1 N–H and O–H groups in total. The van der Waals surface area contributed by atoms with E-state index in [1.54, 1.807) is 6.26 Å². The van der Waals surface area contributed by atoms with Gasteiger partial charge in [0.25, 0.3) is 0 Å². The minimum atomic E-state index is -0.458. The molecule has 1 fully saturated rings. The smallest absolute Gasteiger partial charge is 0.119 e. The minimum absolute atomic E-state index is 0.412. The maximum atomic E-state index is 10.1. The van der Waals surface area contributed by atoms with Gasteiger partial charge in [0.1, 0.15) is 11.5 Å². The van der Waals surface area contributed by atoms with Crippen molar-refractivity contribution in [3.05, 3.63) is 54.0 Å². The molecule has 0 bridgehead atoms. The molecule has 1 saturated carbocycles. The van der Waals surface area contributed by atoms with Crippen molar-refractivity contribution in [2.45, 2.75) is 37.9 Å². The Bertz CT molecular complexity index is 497. The molecule has 1 aromatic heterocycles. The maximum Gasteiger partial charge on any atom is 0.119 e. The fourth-order valence-electron chi connectivity index (χ4n) is 2.05. The fraction of sp³-hybridized carbons (Fsp3) is 0.375. The molecule has 1 atom stereocenters. The van der Waals surface area contributed by atoms with Crippen LogP contribution in [-0.2, 0) is 6.42 Å². The van der Waals surface area contributed by atoms with Gasteiger partial charge in [-0.1, -0.05) is 12.1 Å². The van der Waals surface area contributed by atoms with Crippen LogP contribution in [0.2, 0.25) is 0 Å². The molecular formula is C16H18O3. The highest BCUT2D eigenvalue weighted by atomic mass is 16.5. The van der Waals surface area contributed by atoms with Gasteiger partial charge in [0.2, 0.25) is 0 Å². The summed E-state index contributed by atoms with van der Waals surface area (Å²) in [6, 6.07) is 11.5. The molecular weight excluding hydrogens is 240 g/mol. The maximum absolute atomic E-state index is 10.1. The molecule has 19 heavy (non-hydrogen) atoms. The Kier molecular flexibility index (Phi) is 3.56. The Morgan fingerprint density at radius 1 is 1.21 bits per heavy atom. The number of ether oxygens (including phenoxy) is 1. The summed E-state index contributed by atoms with van der Waals surface area (Å²) in [5, 5.41) is 10.1. The molecule has 1 aliphatic carbocycles. The summed E-state index contributed by atoms with van der Waals surface area (Å²) in [5.74, 6) is 1.80. The lowest BCUT2D eigenvalue weighted by Crippen LogP contribution is -2.00. The van der Waals surface area contributed by atoms with Crippen molar-refractivity contribution >= 4 is 0 Å². The summed E-state index contributed by atoms with van der Waals surface area (Å²) < 4.78 is 10.9. The van der Waals surface area contributed by atoms with Gasteiger partial charge < -0.3 is 14.3 Å². The van der Waals surface area contributed by atoms with E-state index in [1.165, 1.54) is 0 Å². The molecule has 3 nitrogen and oxygen atoms in total. The summed E-state index contributed by atoms with van der Waals surface area (Å²) in [4.78, 5) is 0. The fourth-order valence-corrected chi connectivity index (χ4v) is 2.05. The van der Waals surface area contributed by atoms with Crippen LogP contribution in [0.3, 0.4) is 0 Å². The lowest BCUT2D eigenvalue weighted by molar-refractivity contribution is 0.165. The van der Waals surface area contributed by atoms with E-state index in [2.05, 4.69) is 0 Å². The number of hydrogen-bond acceptors (Lipinski definition) is 3. The van der Waals surface area contributed by atoms with Crippen molar-refractivity contribution in [3.63, 3.8) is 0 Å². The van der Waals surface area contributed by atoms with Crippen molar-refractivity contribution in [1.29, 1.82) is 0 Å². The van der Waals surface area contributed by atoms with Gasteiger partial charge in [0.15, 0.2) is 0 Å². The first-order valence-electron chi connectivity index (χ1n) is 6.78. The van der Waals surface area contributed by atoms with E-state index in [9.17, 15) is 5.11 Å². The minimum Gasteiger partial charge on any atom is -0.490 e. The molecule has 1 aromatic carbocycles. The number of hydrogen-bond donors (Lipinski definition) is 1. The first-order chi connectivity index (χ1) is 9.31. The van der Waals surface area contributed by atoms with Crippen molar-refractivity contribution in [2.75, 3.05) is 0 Å². The number of aryl methyl sites for hydroxylation is 1. The van der Waals surface area contributed by atoms with Gasteiger partial charge in [-0.15, -0.1) is 0 Å². The third-order valence-electron chi connectivity index (χ3n) is 3.34. The Hall–Kier alpha value is -1.74. The van der Waals surface area contributed by atoms with E-state index in [1.807, 2.05) is 36.4 Å². The molecule has 3 rings (SSSR count). The largest absolute Gasteiger partial charge is 0.490 e. The van der Waals surface area contributed by atoms with E-state index in [0.29, 0.717) is 12.5 Å². The van der Waals surface area contributed by atoms with Crippen LogP contribution in [0, 0.1) is 0 Å². The second-order valence-electron chi connectivity index (χ2n) is 5.02. The molecule has 0 spiro atoms. The average Bonchev–Trinajstić information content (AvgIpc) is 3.09. The molecule has 0 aliphatic heterocycles. The molecule has 2 aromatic rings. The average molecular weight is 258 g/mol. The topological polar surface area (TPSA) is 42.6 Å². The van der Waals surface area contributed by atoms with Gasteiger partial charge in [-0.2, -0.15) is 0 Å². The van der Waals surface area contributed by atoms with Gasteiger partial charge in [-0.3, -0.25) is 0 Å². The standard InChI is InChI=1S/C16H18O3/c17-16(10-9-13-2-1-11-18-13)12-3-5-14(6-4-12)19-15-7-8-15/h1-6,11,15-17H,7-10H2. The van der Waals surface area contributed by atoms with Gasteiger partial charge in [0, 0.05) is 6.42 Å². The molecule has 3 heteroatoms. The zero-order valence-electron chi connectivity index (χ0n) is 10.8. The van der Waals surface area contributed by atoms with Crippen LogP contribution in [0.1, 0.15) is 36.7 Å². The monoisotopic (exact) mass is 258 g/mol. The number of furan rings is 1. The summed E-state index contributed by atoms with van der Waals surface area (Å²) in [6.07, 6.45) is 5.34. The van der Waals surface area contributed by atoms with Crippen LogP contribution in [0.15, 0.2) is 47.1 Å². The van der Waals surface area contributed by atoms with Crippen LogP contribution in [-0.4, -0.2) is 11.2 Å². The van der Waals surface area contributed by atoms with E-state index in [-0.39, 0.29) is 0 Å². The number of aliphatic hydroxyl groups is 1. The first-order valence-corrected chi connectivity index (χ1v) is 6.78. The highest BCUT2D eigenvalue weighted by Gasteiger charge is 2.23. The first kappa shape index (κ1) is 12.3. The summed E-state index contributed by atoms with van der Waals surface area (Å²) in [5.41, 5.74) is 0.926. The Morgan fingerprint density at radius 2 is 2.00 bits per heavy atom. The lowest BCUT2D eigenvalue weighted by Gasteiger charge is -2.11. The Balaban J connectivity index is 1.54. The molecule has 1 unspecified atom stereocenters. The SMILES string of the molecule is OC(CCc1ccco1)c1ccc(OC2CC2)cc1. The van der Waals surface area contributed by atoms with Crippen LogP contribution < -0.4 is 4.74 Å². The number of benzene rings is 1. The van der Waals surface area contributed by atoms with Crippen molar-refractivity contribution in [1.82, 2.24) is 0 Å². The zero-order valence-corrected chi connectivity index (χ0v) is 10.8. The van der Waals surface area contributed by atoms with Gasteiger partial charge in [0.05, 0.1) is 18.5 Å². The van der Waals surface area contributed by atoms with Crippen LogP contribution in [0.5, 0.6) is 5.75 Å². The van der Waals surface area contributed by atoms with E-state index in [0.717, 1.165) is 36.3 Å². The molecule has 0 amide bonds. The van der Waals surface area contributed by atoms with Gasteiger partial charge in [-0.25, -0.2) is 0 Å². The van der Waals surface area contributed by atoms with E-state index >= 15 is 0 Å². The van der Waals surface area contributed by atoms with Crippen LogP contribution in [0.4, 0.5) is 0 Å². The molecule has 1 heterocycles. The van der Waals surface area contributed by atoms with E-state index < -0.39 is 6.10 Å². The summed E-state index contributed by atoms with van der Waals surface area (Å²) in [6.45, 7) is 0. The molecule has 0 radical (unpaired) electrons. The van der Waals surface area contributed by atoms with Crippen molar-refractivity contribution in [3.8, 4) is 5.75 Å². The third kappa shape index (κ3) is 3.38. The highest BCUT2D eigenvalue weighted by Crippen LogP contribution is 2.28. The number of aliphatic hydroxyl groups excluding tert-OH is 1. The number of rotatable bonds is 6. The van der Waals surface area contributed by atoms with Gasteiger partial charge in [-0.05, 0) is 49.1 Å². The van der Waals surface area contributed by atoms with Crippen molar-refractivity contribution in [2.24, 2.45) is 0 Å². The van der Waals surface area contributed by atoms with Crippen LogP contribution in [0.25, 0.3) is 0 Å². The normalized spacial score (nSPS) is 16.3. The third-order valence-corrected chi connectivity index (χ3v) is 3.34. The molecule has 100 valence electrons. The zero-order chi connectivity index (χ0) is 13.1. The predicted molar refractivity (Wildman–Crippen MR) is 72.1 cm³/mol. The second kappa shape index (κ2) is 5.49. The van der Waals surface area contributed by atoms with E-state index in [4.69, 9.17) is 9.15 Å². The van der Waals surface area contributed by atoms with Crippen molar-refractivity contribution < 1.29 is 14.3 Å². The predicted octanol–water partition coefficient (Wildman–Crippen LogP) is 3.49. The molecule has 1 aliphatic rings.